The minimum absolute atomic E-state index is 0.0533. The summed E-state index contributed by atoms with van der Waals surface area (Å²) < 4.78 is 18.9. The van der Waals surface area contributed by atoms with E-state index in [0.717, 1.165) is 10.6 Å². The van der Waals surface area contributed by atoms with Gasteiger partial charge < -0.3 is 15.0 Å². The van der Waals surface area contributed by atoms with Crippen LogP contribution in [0.5, 0.6) is 0 Å². The maximum Gasteiger partial charge on any atom is 0.410 e. The Morgan fingerprint density at radius 1 is 1.26 bits per heavy atom. The summed E-state index contributed by atoms with van der Waals surface area (Å²) >= 11 is 8.67. The molecule has 2 aromatic rings. The van der Waals surface area contributed by atoms with Gasteiger partial charge in [-0.15, -0.1) is 11.3 Å². The summed E-state index contributed by atoms with van der Waals surface area (Å²) in [6.07, 6.45) is 0.820. The predicted molar refractivity (Wildman–Crippen MR) is 141 cm³/mol. The van der Waals surface area contributed by atoms with E-state index in [-0.39, 0.29) is 22.8 Å². The van der Waals surface area contributed by atoms with E-state index in [0.29, 0.717) is 36.7 Å². The van der Waals surface area contributed by atoms with Gasteiger partial charge in [0.1, 0.15) is 22.2 Å². The molecule has 1 spiro atoms. The normalized spacial score (nSPS) is 17.2. The molecule has 2 amide bonds. The zero-order chi connectivity index (χ0) is 25.2. The Kier molecular flexibility index (Phi) is 7.54. The fourth-order valence-electron chi connectivity index (χ4n) is 3.70. The van der Waals surface area contributed by atoms with Crippen molar-refractivity contribution in [2.45, 2.75) is 44.9 Å². The number of thiophene rings is 1. The van der Waals surface area contributed by atoms with Gasteiger partial charge in [-0.1, -0.05) is 29.4 Å². The van der Waals surface area contributed by atoms with Crippen LogP contribution in [0.15, 0.2) is 45.7 Å². The Morgan fingerprint density at radius 2 is 2.00 bits per heavy atom. The van der Waals surface area contributed by atoms with Crippen LogP contribution in [0.3, 0.4) is 0 Å². The Bertz CT molecular complexity index is 1170. The van der Waals surface area contributed by atoms with E-state index in [1.54, 1.807) is 16.2 Å². The lowest BCUT2D eigenvalue weighted by Gasteiger charge is -2.36. The summed E-state index contributed by atoms with van der Waals surface area (Å²) in [4.78, 5) is 37.6. The Hall–Kier alpha value is -2.43. The first-order valence-electron chi connectivity index (χ1n) is 11.1. The summed E-state index contributed by atoms with van der Waals surface area (Å²) in [6.45, 7) is 6.52. The molecule has 2 aliphatic heterocycles. The van der Waals surface area contributed by atoms with Gasteiger partial charge in [-0.05, 0) is 50.4 Å². The van der Waals surface area contributed by atoms with Crippen LogP contribution in [-0.2, 0) is 9.53 Å². The van der Waals surface area contributed by atoms with E-state index < -0.39 is 17.1 Å². The van der Waals surface area contributed by atoms with Crippen LogP contribution in [0, 0.1) is 5.82 Å². The van der Waals surface area contributed by atoms with Crippen LogP contribution in [0.2, 0.25) is 5.02 Å². The fraction of sp³-hybridized carbons (Fsp3) is 0.417. The SMILES string of the molecule is CC(C)(C)OC(=O)N1CCC2(CC1)N=C(SCC(=O)Nc1ccc(F)c(Cl)c1)C(c1cccs1)=N2. The topological polar surface area (TPSA) is 83.4 Å². The van der Waals surface area contributed by atoms with Crippen LogP contribution in [0.25, 0.3) is 0 Å². The number of likely N-dealkylation sites (tertiary alicyclic amines) is 1. The highest BCUT2D eigenvalue weighted by Crippen LogP contribution is 2.36. The second-order valence-electron chi connectivity index (χ2n) is 9.27. The highest BCUT2D eigenvalue weighted by atomic mass is 35.5. The minimum Gasteiger partial charge on any atom is -0.444 e. The highest BCUT2D eigenvalue weighted by molar-refractivity contribution is 8.16. The molecule has 1 N–H and O–H groups in total. The molecule has 186 valence electrons. The average Bonchev–Trinajstić information content (AvgIpc) is 3.43. The molecule has 0 saturated carbocycles. The molecule has 11 heteroatoms. The maximum atomic E-state index is 13.4. The van der Waals surface area contributed by atoms with E-state index in [4.69, 9.17) is 26.3 Å². The Labute approximate surface area is 216 Å². The third-order valence-corrected chi connectivity index (χ3v) is 7.48. The average molecular weight is 537 g/mol. The molecule has 0 unspecified atom stereocenters. The quantitative estimate of drug-likeness (QED) is 0.532. The number of halogens is 2. The van der Waals surface area contributed by atoms with E-state index in [1.807, 2.05) is 38.3 Å². The molecular weight excluding hydrogens is 511 g/mol. The number of amides is 2. The van der Waals surface area contributed by atoms with Crippen LogP contribution in [0.4, 0.5) is 14.9 Å². The van der Waals surface area contributed by atoms with Crippen molar-refractivity contribution < 1.29 is 18.7 Å². The number of aliphatic imine (C=N–C) groups is 2. The molecule has 0 aliphatic carbocycles. The number of nitrogens with zero attached hydrogens (tertiary/aromatic N) is 3. The molecule has 1 saturated heterocycles. The number of benzene rings is 1. The molecule has 3 heterocycles. The van der Waals surface area contributed by atoms with Crippen molar-refractivity contribution in [2.75, 3.05) is 24.2 Å². The smallest absolute Gasteiger partial charge is 0.410 e. The third kappa shape index (κ3) is 6.42. The van der Waals surface area contributed by atoms with E-state index in [9.17, 15) is 14.0 Å². The number of hydrogen-bond donors (Lipinski definition) is 1. The van der Waals surface area contributed by atoms with Gasteiger partial charge in [-0.3, -0.25) is 9.79 Å². The van der Waals surface area contributed by atoms with Crippen molar-refractivity contribution in [3.63, 3.8) is 0 Å². The van der Waals surface area contributed by atoms with Gasteiger partial charge in [0, 0.05) is 31.6 Å². The van der Waals surface area contributed by atoms with Crippen molar-refractivity contribution in [2.24, 2.45) is 9.98 Å². The number of ether oxygens (including phenoxy) is 1. The largest absolute Gasteiger partial charge is 0.444 e. The molecule has 1 fully saturated rings. The molecule has 0 atom stereocenters. The number of thioether (sulfide) groups is 1. The van der Waals surface area contributed by atoms with Gasteiger partial charge in [0.05, 0.1) is 15.7 Å². The monoisotopic (exact) mass is 536 g/mol. The summed E-state index contributed by atoms with van der Waals surface area (Å²) in [6, 6.07) is 7.98. The second kappa shape index (κ2) is 10.3. The first-order valence-corrected chi connectivity index (χ1v) is 13.4. The van der Waals surface area contributed by atoms with Crippen molar-refractivity contribution >= 4 is 63.1 Å². The summed E-state index contributed by atoms with van der Waals surface area (Å²) in [5.74, 6) is -0.691. The third-order valence-electron chi connectivity index (χ3n) is 5.35. The van der Waals surface area contributed by atoms with Gasteiger partial charge in [0.2, 0.25) is 5.91 Å². The van der Waals surface area contributed by atoms with E-state index in [2.05, 4.69) is 5.32 Å². The predicted octanol–water partition coefficient (Wildman–Crippen LogP) is 5.84. The van der Waals surface area contributed by atoms with Crippen LogP contribution >= 0.6 is 34.7 Å². The number of rotatable bonds is 4. The first-order chi connectivity index (χ1) is 16.5. The van der Waals surface area contributed by atoms with E-state index >= 15 is 0 Å². The number of nitrogens with one attached hydrogen (secondary N) is 1. The molecule has 2 aliphatic rings. The number of anilines is 1. The van der Waals surface area contributed by atoms with Gasteiger partial charge >= 0.3 is 6.09 Å². The number of piperidine rings is 1. The number of carbonyl (C=O) groups is 2. The lowest BCUT2D eigenvalue weighted by molar-refractivity contribution is -0.113. The first kappa shape index (κ1) is 25.7. The molecule has 0 bridgehead atoms. The molecule has 7 nitrogen and oxygen atoms in total. The van der Waals surface area contributed by atoms with Crippen LogP contribution in [-0.4, -0.2) is 57.8 Å². The molecule has 1 aromatic carbocycles. The Morgan fingerprint density at radius 3 is 2.63 bits per heavy atom. The summed E-state index contributed by atoms with van der Waals surface area (Å²) in [5, 5.41) is 5.35. The standard InChI is InChI=1S/C24H26ClFN4O3S2/c1-23(2,3)33-22(32)30-10-8-24(9-11-30)28-20(18-5-4-12-34-18)21(29-24)35-14-19(31)27-15-6-7-17(26)16(25)13-15/h4-7,12-13H,8-11,14H2,1-3H3,(H,27,31). The van der Waals surface area contributed by atoms with Crippen molar-refractivity contribution in [1.29, 1.82) is 0 Å². The van der Waals surface area contributed by atoms with Crippen molar-refractivity contribution in [3.8, 4) is 0 Å². The van der Waals surface area contributed by atoms with Gasteiger partial charge in [-0.2, -0.15) is 0 Å². The second-order valence-corrected chi connectivity index (χ2v) is 11.6. The molecular formula is C24H26ClFN4O3S2. The lowest BCUT2D eigenvalue weighted by atomic mass is 9.99. The Balaban J connectivity index is 1.43. The number of hydrogen-bond acceptors (Lipinski definition) is 7. The number of carbonyl (C=O) groups excluding carboxylic acids is 2. The van der Waals surface area contributed by atoms with Crippen molar-refractivity contribution in [1.82, 2.24) is 4.90 Å². The highest BCUT2D eigenvalue weighted by Gasteiger charge is 2.41. The van der Waals surface area contributed by atoms with E-state index in [1.165, 1.54) is 30.0 Å². The zero-order valence-electron chi connectivity index (χ0n) is 19.6. The fourth-order valence-corrected chi connectivity index (χ4v) is 5.53. The summed E-state index contributed by atoms with van der Waals surface area (Å²) in [7, 11) is 0. The molecule has 4 rings (SSSR count). The van der Waals surface area contributed by atoms with Crippen LogP contribution < -0.4 is 5.32 Å². The lowest BCUT2D eigenvalue weighted by Crippen LogP contribution is -2.46. The summed E-state index contributed by atoms with van der Waals surface area (Å²) in [5.41, 5.74) is -0.00526. The van der Waals surface area contributed by atoms with Gasteiger partial charge in [-0.25, -0.2) is 14.2 Å². The zero-order valence-corrected chi connectivity index (χ0v) is 22.0. The molecule has 0 radical (unpaired) electrons. The molecule has 35 heavy (non-hydrogen) atoms. The minimum atomic E-state index is -0.652. The van der Waals surface area contributed by atoms with Gasteiger partial charge in [0.25, 0.3) is 0 Å². The van der Waals surface area contributed by atoms with Gasteiger partial charge in [0.15, 0.2) is 5.66 Å². The maximum absolute atomic E-state index is 13.4. The van der Waals surface area contributed by atoms with Crippen molar-refractivity contribution in [3.05, 3.63) is 51.4 Å². The molecule has 1 aromatic heterocycles. The van der Waals surface area contributed by atoms with Crippen LogP contribution in [0.1, 0.15) is 38.5 Å².